The number of hydrogen-bond acceptors (Lipinski definition) is 3. The quantitative estimate of drug-likeness (QED) is 0.931. The van der Waals surface area contributed by atoms with Crippen LogP contribution >= 0.6 is 0 Å². The van der Waals surface area contributed by atoms with E-state index < -0.39 is 0 Å². The Bertz CT molecular complexity index is 559. The summed E-state index contributed by atoms with van der Waals surface area (Å²) in [5, 5.41) is 1.21. The van der Waals surface area contributed by atoms with Gasteiger partial charge in [-0.25, -0.2) is 0 Å². The minimum absolute atomic E-state index is 0.345. The van der Waals surface area contributed by atoms with E-state index in [1.807, 2.05) is 12.3 Å². The van der Waals surface area contributed by atoms with Crippen molar-refractivity contribution in [2.45, 2.75) is 31.7 Å². The summed E-state index contributed by atoms with van der Waals surface area (Å²) in [6.45, 7) is 3.03. The SMILES string of the molecule is NCC(c1ccc2ncccc2c1)N1CCCCCC1. The van der Waals surface area contributed by atoms with Gasteiger partial charge in [-0.3, -0.25) is 9.88 Å². The number of nitrogens with two attached hydrogens (primary N) is 1. The van der Waals surface area contributed by atoms with Crippen LogP contribution in [-0.2, 0) is 0 Å². The first-order valence-corrected chi connectivity index (χ1v) is 7.67. The molecule has 2 aromatic rings. The number of nitrogens with zero attached hydrogens (tertiary/aromatic N) is 2. The molecule has 1 aromatic carbocycles. The first-order valence-electron chi connectivity index (χ1n) is 7.67. The van der Waals surface area contributed by atoms with Gasteiger partial charge < -0.3 is 5.73 Å². The summed E-state index contributed by atoms with van der Waals surface area (Å²) in [6, 6.07) is 11.0. The van der Waals surface area contributed by atoms with Crippen molar-refractivity contribution in [2.24, 2.45) is 5.73 Å². The van der Waals surface area contributed by atoms with Crippen molar-refractivity contribution in [1.29, 1.82) is 0 Å². The van der Waals surface area contributed by atoms with Gasteiger partial charge in [-0.15, -0.1) is 0 Å². The van der Waals surface area contributed by atoms with E-state index in [4.69, 9.17) is 5.73 Å². The van der Waals surface area contributed by atoms with Crippen molar-refractivity contribution in [1.82, 2.24) is 9.88 Å². The zero-order valence-corrected chi connectivity index (χ0v) is 12.0. The average molecular weight is 269 g/mol. The Morgan fingerprint density at radius 1 is 1.10 bits per heavy atom. The highest BCUT2D eigenvalue weighted by Gasteiger charge is 2.20. The van der Waals surface area contributed by atoms with Crippen LogP contribution in [0.1, 0.15) is 37.3 Å². The van der Waals surface area contributed by atoms with Gasteiger partial charge in [0.05, 0.1) is 5.52 Å². The van der Waals surface area contributed by atoms with Gasteiger partial charge in [-0.2, -0.15) is 0 Å². The summed E-state index contributed by atoms with van der Waals surface area (Å²) in [5.74, 6) is 0. The van der Waals surface area contributed by atoms with Crippen molar-refractivity contribution in [2.75, 3.05) is 19.6 Å². The molecule has 3 heteroatoms. The third-order valence-corrected chi connectivity index (χ3v) is 4.32. The average Bonchev–Trinajstić information content (AvgIpc) is 2.77. The summed E-state index contributed by atoms with van der Waals surface area (Å²) in [6.07, 6.45) is 7.15. The maximum absolute atomic E-state index is 6.07. The summed E-state index contributed by atoms with van der Waals surface area (Å²) >= 11 is 0. The first kappa shape index (κ1) is 13.5. The second kappa shape index (κ2) is 6.33. The number of hydrogen-bond donors (Lipinski definition) is 1. The molecule has 1 aliphatic heterocycles. The molecule has 2 N–H and O–H groups in total. The highest BCUT2D eigenvalue weighted by Crippen LogP contribution is 2.25. The fraction of sp³-hybridized carbons (Fsp3) is 0.471. The van der Waals surface area contributed by atoms with E-state index >= 15 is 0 Å². The number of likely N-dealkylation sites (tertiary alicyclic amines) is 1. The maximum Gasteiger partial charge on any atom is 0.0702 e. The minimum Gasteiger partial charge on any atom is -0.329 e. The van der Waals surface area contributed by atoms with Gasteiger partial charge in [0.15, 0.2) is 0 Å². The normalized spacial score (nSPS) is 18.9. The van der Waals surface area contributed by atoms with E-state index in [0.29, 0.717) is 12.6 Å². The van der Waals surface area contributed by atoms with Crippen LogP contribution < -0.4 is 5.73 Å². The molecule has 1 aliphatic rings. The fourth-order valence-corrected chi connectivity index (χ4v) is 3.20. The molecule has 1 aromatic heterocycles. The number of aromatic nitrogens is 1. The predicted octanol–water partition coefficient (Wildman–Crippen LogP) is 3.11. The monoisotopic (exact) mass is 269 g/mol. The Labute approximate surface area is 120 Å². The van der Waals surface area contributed by atoms with E-state index in [-0.39, 0.29) is 0 Å². The minimum atomic E-state index is 0.345. The van der Waals surface area contributed by atoms with Crippen LogP contribution in [0.3, 0.4) is 0 Å². The molecular weight excluding hydrogens is 246 g/mol. The number of fused-ring (bicyclic) bond motifs is 1. The number of benzene rings is 1. The Kier molecular flexibility index (Phi) is 4.28. The van der Waals surface area contributed by atoms with Crippen LogP contribution in [-0.4, -0.2) is 29.5 Å². The van der Waals surface area contributed by atoms with Crippen LogP contribution in [0.15, 0.2) is 36.5 Å². The van der Waals surface area contributed by atoms with Gasteiger partial charge in [0, 0.05) is 24.2 Å². The van der Waals surface area contributed by atoms with Gasteiger partial charge in [0.25, 0.3) is 0 Å². The predicted molar refractivity (Wildman–Crippen MR) is 83.6 cm³/mol. The molecule has 0 spiro atoms. The first-order chi connectivity index (χ1) is 9.88. The molecular formula is C17H23N3. The molecule has 2 heterocycles. The largest absolute Gasteiger partial charge is 0.329 e. The molecule has 0 aliphatic carbocycles. The van der Waals surface area contributed by atoms with Gasteiger partial charge in [-0.05, 0) is 49.7 Å². The van der Waals surface area contributed by atoms with E-state index in [0.717, 1.165) is 5.52 Å². The number of rotatable bonds is 3. The molecule has 3 rings (SSSR count). The lowest BCUT2D eigenvalue weighted by molar-refractivity contribution is 0.210. The fourth-order valence-electron chi connectivity index (χ4n) is 3.20. The van der Waals surface area contributed by atoms with Crippen LogP contribution in [0.25, 0.3) is 10.9 Å². The molecule has 0 bridgehead atoms. The molecule has 1 saturated heterocycles. The van der Waals surface area contributed by atoms with Crippen LogP contribution in [0.2, 0.25) is 0 Å². The topological polar surface area (TPSA) is 42.1 Å². The lowest BCUT2D eigenvalue weighted by atomic mass is 10.0. The second-order valence-electron chi connectivity index (χ2n) is 5.66. The van der Waals surface area contributed by atoms with Crippen LogP contribution in [0.4, 0.5) is 0 Å². The Balaban J connectivity index is 1.89. The Hall–Kier alpha value is -1.45. The zero-order chi connectivity index (χ0) is 13.8. The van der Waals surface area contributed by atoms with E-state index in [1.54, 1.807) is 0 Å². The lowest BCUT2D eigenvalue weighted by Crippen LogP contribution is -2.34. The molecule has 20 heavy (non-hydrogen) atoms. The number of pyridine rings is 1. The third kappa shape index (κ3) is 2.84. The molecule has 0 radical (unpaired) electrons. The summed E-state index contributed by atoms with van der Waals surface area (Å²) in [7, 11) is 0. The smallest absolute Gasteiger partial charge is 0.0702 e. The van der Waals surface area contributed by atoms with Gasteiger partial charge >= 0.3 is 0 Å². The van der Waals surface area contributed by atoms with Crippen LogP contribution in [0, 0.1) is 0 Å². The summed E-state index contributed by atoms with van der Waals surface area (Å²) in [4.78, 5) is 6.95. The summed E-state index contributed by atoms with van der Waals surface area (Å²) < 4.78 is 0. The standard InChI is InChI=1S/C17H23N3/c18-13-17(20-10-3-1-2-4-11-20)15-7-8-16-14(12-15)6-5-9-19-16/h5-9,12,17H,1-4,10-11,13,18H2. The maximum atomic E-state index is 6.07. The Morgan fingerprint density at radius 3 is 2.65 bits per heavy atom. The highest BCUT2D eigenvalue weighted by molar-refractivity contribution is 5.79. The highest BCUT2D eigenvalue weighted by atomic mass is 15.2. The van der Waals surface area contributed by atoms with Gasteiger partial charge in [0.2, 0.25) is 0 Å². The third-order valence-electron chi connectivity index (χ3n) is 4.32. The van der Waals surface area contributed by atoms with Gasteiger partial charge in [-0.1, -0.05) is 25.0 Å². The van der Waals surface area contributed by atoms with Crippen LogP contribution in [0.5, 0.6) is 0 Å². The van der Waals surface area contributed by atoms with Crippen molar-refractivity contribution >= 4 is 10.9 Å². The van der Waals surface area contributed by atoms with Crippen molar-refractivity contribution in [3.05, 3.63) is 42.1 Å². The van der Waals surface area contributed by atoms with E-state index in [9.17, 15) is 0 Å². The zero-order valence-electron chi connectivity index (χ0n) is 12.0. The second-order valence-corrected chi connectivity index (χ2v) is 5.66. The summed E-state index contributed by atoms with van der Waals surface area (Å²) in [5.41, 5.74) is 8.46. The van der Waals surface area contributed by atoms with Crippen molar-refractivity contribution in [3.63, 3.8) is 0 Å². The Morgan fingerprint density at radius 2 is 1.90 bits per heavy atom. The van der Waals surface area contributed by atoms with E-state index in [2.05, 4.69) is 34.1 Å². The molecule has 1 fully saturated rings. The molecule has 106 valence electrons. The van der Waals surface area contributed by atoms with Crippen molar-refractivity contribution < 1.29 is 0 Å². The van der Waals surface area contributed by atoms with E-state index in [1.165, 1.54) is 49.7 Å². The van der Waals surface area contributed by atoms with Crippen molar-refractivity contribution in [3.8, 4) is 0 Å². The molecule has 0 saturated carbocycles. The molecule has 3 nitrogen and oxygen atoms in total. The molecule has 0 amide bonds. The lowest BCUT2D eigenvalue weighted by Gasteiger charge is -2.30. The molecule has 1 atom stereocenters. The van der Waals surface area contributed by atoms with Gasteiger partial charge in [0.1, 0.15) is 0 Å². The molecule has 1 unspecified atom stereocenters.